The highest BCUT2D eigenvalue weighted by molar-refractivity contribution is 5.45. The summed E-state index contributed by atoms with van der Waals surface area (Å²) in [6, 6.07) is 9.77. The number of nitrogens with zero attached hydrogens (tertiary/aromatic N) is 3. The van der Waals surface area contributed by atoms with Crippen molar-refractivity contribution in [2.24, 2.45) is 0 Å². The zero-order valence-corrected chi connectivity index (χ0v) is 11.1. The summed E-state index contributed by atoms with van der Waals surface area (Å²) in [5.74, 6) is 0.454. The molecule has 6 heteroatoms. The van der Waals surface area contributed by atoms with E-state index in [1.54, 1.807) is 0 Å². The Bertz CT molecular complexity index is 772. The van der Waals surface area contributed by atoms with Crippen LogP contribution in [0.1, 0.15) is 18.2 Å². The lowest BCUT2D eigenvalue weighted by atomic mass is 10.1. The number of rotatable bonds is 4. The van der Waals surface area contributed by atoms with E-state index in [0.29, 0.717) is 12.3 Å². The molecule has 0 saturated carbocycles. The molecular formula is C14H15N5O. The van der Waals surface area contributed by atoms with Gasteiger partial charge in [0.05, 0.1) is 6.54 Å². The molecule has 0 amide bonds. The minimum absolute atomic E-state index is 0.186. The van der Waals surface area contributed by atoms with E-state index in [2.05, 4.69) is 39.4 Å². The summed E-state index contributed by atoms with van der Waals surface area (Å²) in [6.07, 6.45) is 2.38. The first-order valence-corrected chi connectivity index (χ1v) is 6.51. The molecule has 1 aromatic carbocycles. The van der Waals surface area contributed by atoms with Crippen molar-refractivity contribution in [1.29, 1.82) is 0 Å². The summed E-state index contributed by atoms with van der Waals surface area (Å²) >= 11 is 0. The van der Waals surface area contributed by atoms with Crippen LogP contribution in [0.4, 0.5) is 5.69 Å². The number of benzene rings is 1. The average molecular weight is 269 g/mol. The Labute approximate surface area is 115 Å². The topological polar surface area (TPSA) is 75.1 Å². The van der Waals surface area contributed by atoms with Crippen molar-refractivity contribution in [3.63, 3.8) is 0 Å². The molecule has 0 spiro atoms. The van der Waals surface area contributed by atoms with E-state index >= 15 is 0 Å². The molecule has 0 aliphatic carbocycles. The van der Waals surface area contributed by atoms with Gasteiger partial charge in [-0.25, -0.2) is 0 Å². The second kappa shape index (κ2) is 5.16. The first-order chi connectivity index (χ1) is 9.76. The van der Waals surface area contributed by atoms with Crippen molar-refractivity contribution in [3.05, 3.63) is 58.3 Å². The van der Waals surface area contributed by atoms with E-state index in [1.807, 2.05) is 12.1 Å². The maximum absolute atomic E-state index is 11.8. The standard InChI is InChI=1S/C14H15N5O/c1-2-10-3-5-11(6-4-10)15-8-12-7-13(20)19-14(18-12)16-9-17-19/h3-7,9,15H,2,8H2,1H3,(H,16,17,18). The van der Waals surface area contributed by atoms with E-state index in [4.69, 9.17) is 0 Å². The predicted octanol–water partition coefficient (Wildman–Crippen LogP) is 1.59. The van der Waals surface area contributed by atoms with Crippen LogP contribution in [-0.4, -0.2) is 19.6 Å². The normalized spacial score (nSPS) is 10.8. The number of nitrogens with one attached hydrogen (secondary N) is 2. The Morgan fingerprint density at radius 2 is 2.10 bits per heavy atom. The molecule has 0 fully saturated rings. The van der Waals surface area contributed by atoms with Crippen LogP contribution >= 0.6 is 0 Å². The lowest BCUT2D eigenvalue weighted by Crippen LogP contribution is -2.17. The quantitative estimate of drug-likeness (QED) is 0.754. The Hall–Kier alpha value is -2.63. The van der Waals surface area contributed by atoms with Crippen LogP contribution < -0.4 is 10.9 Å². The molecule has 3 rings (SSSR count). The van der Waals surface area contributed by atoms with E-state index in [0.717, 1.165) is 17.8 Å². The number of H-pyrrole nitrogens is 1. The van der Waals surface area contributed by atoms with Gasteiger partial charge in [0.25, 0.3) is 5.56 Å². The van der Waals surface area contributed by atoms with E-state index in [1.165, 1.54) is 22.5 Å². The zero-order chi connectivity index (χ0) is 13.9. The van der Waals surface area contributed by atoms with Crippen molar-refractivity contribution in [2.45, 2.75) is 19.9 Å². The third-order valence-electron chi connectivity index (χ3n) is 3.17. The lowest BCUT2D eigenvalue weighted by molar-refractivity contribution is 0.876. The second-order valence-corrected chi connectivity index (χ2v) is 4.53. The van der Waals surface area contributed by atoms with Gasteiger partial charge in [0.2, 0.25) is 5.78 Å². The molecule has 2 N–H and O–H groups in total. The summed E-state index contributed by atoms with van der Waals surface area (Å²) in [7, 11) is 0. The Morgan fingerprint density at radius 1 is 1.30 bits per heavy atom. The van der Waals surface area contributed by atoms with Gasteiger partial charge in [-0.1, -0.05) is 19.1 Å². The third-order valence-corrected chi connectivity index (χ3v) is 3.17. The maximum atomic E-state index is 11.8. The number of hydrogen-bond donors (Lipinski definition) is 2. The van der Waals surface area contributed by atoms with Gasteiger partial charge in [0.1, 0.15) is 6.33 Å². The largest absolute Gasteiger partial charge is 0.379 e. The lowest BCUT2D eigenvalue weighted by Gasteiger charge is -2.07. The molecule has 0 bridgehead atoms. The van der Waals surface area contributed by atoms with Crippen molar-refractivity contribution in [1.82, 2.24) is 19.6 Å². The fraction of sp³-hybridized carbons (Fsp3) is 0.214. The van der Waals surface area contributed by atoms with Crippen LogP contribution in [0.25, 0.3) is 5.78 Å². The van der Waals surface area contributed by atoms with Crippen molar-refractivity contribution < 1.29 is 0 Å². The van der Waals surface area contributed by atoms with E-state index in [-0.39, 0.29) is 5.56 Å². The molecule has 3 aromatic rings. The van der Waals surface area contributed by atoms with Crippen molar-refractivity contribution in [3.8, 4) is 0 Å². The second-order valence-electron chi connectivity index (χ2n) is 4.53. The van der Waals surface area contributed by atoms with Gasteiger partial charge in [-0.15, -0.1) is 0 Å². The van der Waals surface area contributed by atoms with Crippen LogP contribution in [0, 0.1) is 0 Å². The summed E-state index contributed by atoms with van der Waals surface area (Å²) in [5.41, 5.74) is 2.91. The van der Waals surface area contributed by atoms with Crippen molar-refractivity contribution in [2.75, 3.05) is 5.32 Å². The molecule has 0 saturated heterocycles. The minimum atomic E-state index is -0.186. The van der Waals surface area contributed by atoms with Gasteiger partial charge < -0.3 is 10.3 Å². The highest BCUT2D eigenvalue weighted by Gasteiger charge is 2.03. The first kappa shape index (κ1) is 12.4. The smallest absolute Gasteiger partial charge is 0.275 e. The fourth-order valence-corrected chi connectivity index (χ4v) is 2.03. The fourth-order valence-electron chi connectivity index (χ4n) is 2.03. The van der Waals surface area contributed by atoms with Gasteiger partial charge in [-0.2, -0.15) is 14.6 Å². The number of fused-ring (bicyclic) bond motifs is 1. The third kappa shape index (κ3) is 2.40. The summed E-state index contributed by atoms with van der Waals surface area (Å²) in [6.45, 7) is 2.66. The van der Waals surface area contributed by atoms with Gasteiger partial charge in [0.15, 0.2) is 0 Å². The Kier molecular flexibility index (Phi) is 3.20. The highest BCUT2D eigenvalue weighted by Crippen LogP contribution is 2.10. The summed E-state index contributed by atoms with van der Waals surface area (Å²) in [4.78, 5) is 18.8. The van der Waals surface area contributed by atoms with Crippen LogP contribution in [0.15, 0.2) is 41.5 Å². The molecule has 0 unspecified atom stereocenters. The number of anilines is 1. The zero-order valence-electron chi connectivity index (χ0n) is 11.1. The van der Waals surface area contributed by atoms with Gasteiger partial charge in [-0.05, 0) is 24.1 Å². The molecular weight excluding hydrogens is 254 g/mol. The minimum Gasteiger partial charge on any atom is -0.379 e. The molecule has 2 heterocycles. The highest BCUT2D eigenvalue weighted by atomic mass is 16.1. The number of aromatic amines is 1. The van der Waals surface area contributed by atoms with Gasteiger partial charge >= 0.3 is 0 Å². The number of hydrogen-bond acceptors (Lipinski definition) is 4. The molecule has 20 heavy (non-hydrogen) atoms. The van der Waals surface area contributed by atoms with Crippen molar-refractivity contribution >= 4 is 11.5 Å². The molecule has 0 atom stereocenters. The van der Waals surface area contributed by atoms with E-state index < -0.39 is 0 Å². The maximum Gasteiger partial charge on any atom is 0.275 e. The molecule has 0 aliphatic heterocycles. The Balaban J connectivity index is 1.77. The Morgan fingerprint density at radius 3 is 2.85 bits per heavy atom. The van der Waals surface area contributed by atoms with E-state index in [9.17, 15) is 4.79 Å². The average Bonchev–Trinajstić information content (AvgIpc) is 2.94. The molecule has 2 aromatic heterocycles. The van der Waals surface area contributed by atoms with Crippen LogP contribution in [-0.2, 0) is 13.0 Å². The van der Waals surface area contributed by atoms with Crippen LogP contribution in [0.2, 0.25) is 0 Å². The molecule has 0 radical (unpaired) electrons. The summed E-state index contributed by atoms with van der Waals surface area (Å²) in [5, 5.41) is 7.11. The van der Waals surface area contributed by atoms with Gasteiger partial charge in [-0.3, -0.25) is 4.79 Å². The number of aryl methyl sites for hydroxylation is 1. The molecule has 102 valence electrons. The monoisotopic (exact) mass is 269 g/mol. The SMILES string of the molecule is CCc1ccc(NCc2cc(=O)n3ncnc3[nH]2)cc1. The summed E-state index contributed by atoms with van der Waals surface area (Å²) < 4.78 is 1.24. The van der Waals surface area contributed by atoms with Gasteiger partial charge in [0, 0.05) is 17.4 Å². The van der Waals surface area contributed by atoms with Crippen LogP contribution in [0.5, 0.6) is 0 Å². The van der Waals surface area contributed by atoms with Crippen LogP contribution in [0.3, 0.4) is 0 Å². The predicted molar refractivity (Wildman–Crippen MR) is 76.8 cm³/mol. The molecule has 0 aliphatic rings. The first-order valence-electron chi connectivity index (χ1n) is 6.51. The molecule has 6 nitrogen and oxygen atoms in total. The number of aromatic nitrogens is 4.